The van der Waals surface area contributed by atoms with E-state index in [0.29, 0.717) is 0 Å². The Hall–Kier alpha value is -1.77. The van der Waals surface area contributed by atoms with E-state index in [1.165, 1.54) is 0 Å². The van der Waals surface area contributed by atoms with Gasteiger partial charge in [0.2, 0.25) is 0 Å². The molecule has 0 radical (unpaired) electrons. The summed E-state index contributed by atoms with van der Waals surface area (Å²) < 4.78 is 5.86. The van der Waals surface area contributed by atoms with Gasteiger partial charge in [-0.3, -0.25) is 4.79 Å². The minimum Gasteiger partial charge on any atom is -0.490 e. The summed E-state index contributed by atoms with van der Waals surface area (Å²) >= 11 is 0. The summed E-state index contributed by atoms with van der Waals surface area (Å²) in [6.45, 7) is 8.29. The van der Waals surface area contributed by atoms with Crippen LogP contribution in [0.3, 0.4) is 0 Å². The van der Waals surface area contributed by atoms with Gasteiger partial charge in [-0.2, -0.15) is 0 Å². The van der Waals surface area contributed by atoms with Gasteiger partial charge in [0.25, 0.3) is 0 Å². The molecule has 1 aliphatic carbocycles. The summed E-state index contributed by atoms with van der Waals surface area (Å²) in [5.74, 6) is 1.18. The van der Waals surface area contributed by atoms with E-state index in [1.54, 1.807) is 0 Å². The maximum absolute atomic E-state index is 12.7. The molecule has 0 aliphatic heterocycles. The first-order chi connectivity index (χ1) is 9.40. The molecule has 106 valence electrons. The highest BCUT2D eigenvalue weighted by Gasteiger charge is 2.51. The minimum atomic E-state index is 0.0934. The zero-order valence-electron chi connectivity index (χ0n) is 12.5. The number of Topliss-reactive ketones (excluding diaryl/α,β-unsaturated/α-hetero) is 1. The van der Waals surface area contributed by atoms with Crippen LogP contribution in [-0.2, 0) is 0 Å². The SMILES string of the molecule is CC(C)Oc1cccc2[nH]cc(C(=O)C3CC3(C)C)c12. The van der Waals surface area contributed by atoms with Crippen molar-refractivity contribution in [2.24, 2.45) is 11.3 Å². The lowest BCUT2D eigenvalue weighted by Gasteiger charge is -2.12. The van der Waals surface area contributed by atoms with Crippen molar-refractivity contribution in [3.8, 4) is 5.75 Å². The van der Waals surface area contributed by atoms with E-state index < -0.39 is 0 Å². The first-order valence-corrected chi connectivity index (χ1v) is 7.21. The Bertz CT molecular complexity index is 667. The van der Waals surface area contributed by atoms with Crippen molar-refractivity contribution in [2.75, 3.05) is 0 Å². The maximum atomic E-state index is 12.7. The molecule has 3 heteroatoms. The van der Waals surface area contributed by atoms with E-state index in [-0.39, 0.29) is 23.2 Å². The molecule has 3 nitrogen and oxygen atoms in total. The largest absolute Gasteiger partial charge is 0.490 e. The molecule has 0 saturated heterocycles. The van der Waals surface area contributed by atoms with Crippen LogP contribution in [0.25, 0.3) is 10.9 Å². The van der Waals surface area contributed by atoms with Crippen molar-refractivity contribution in [2.45, 2.75) is 40.2 Å². The molecule has 1 fully saturated rings. The number of aromatic amines is 1. The number of ketones is 1. The number of fused-ring (bicyclic) bond motifs is 1. The van der Waals surface area contributed by atoms with Crippen LogP contribution in [0.1, 0.15) is 44.5 Å². The lowest BCUT2D eigenvalue weighted by Crippen LogP contribution is -2.08. The van der Waals surface area contributed by atoms with Crippen LogP contribution in [0, 0.1) is 11.3 Å². The average molecular weight is 271 g/mol. The molecular formula is C17H21NO2. The number of nitrogens with one attached hydrogen (secondary N) is 1. The van der Waals surface area contributed by atoms with Crippen LogP contribution in [0.15, 0.2) is 24.4 Å². The van der Waals surface area contributed by atoms with Gasteiger partial charge in [0.1, 0.15) is 5.75 Å². The van der Waals surface area contributed by atoms with Crippen LogP contribution < -0.4 is 4.74 Å². The molecule has 1 unspecified atom stereocenters. The van der Waals surface area contributed by atoms with Gasteiger partial charge in [-0.15, -0.1) is 0 Å². The molecular weight excluding hydrogens is 250 g/mol. The first-order valence-electron chi connectivity index (χ1n) is 7.21. The van der Waals surface area contributed by atoms with Gasteiger partial charge in [0, 0.05) is 23.2 Å². The maximum Gasteiger partial charge on any atom is 0.168 e. The first kappa shape index (κ1) is 13.2. The molecule has 1 aromatic carbocycles. The highest BCUT2D eigenvalue weighted by Crippen LogP contribution is 2.53. The molecule has 1 atom stereocenters. The normalized spacial score (nSPS) is 20.4. The van der Waals surface area contributed by atoms with Gasteiger partial charge >= 0.3 is 0 Å². The summed E-state index contributed by atoms with van der Waals surface area (Å²) in [4.78, 5) is 15.9. The molecule has 1 heterocycles. The van der Waals surface area contributed by atoms with E-state index in [2.05, 4.69) is 18.8 Å². The number of carbonyl (C=O) groups is 1. The Morgan fingerprint density at radius 1 is 1.40 bits per heavy atom. The topological polar surface area (TPSA) is 42.1 Å². The lowest BCUT2D eigenvalue weighted by molar-refractivity contribution is 0.0954. The molecule has 1 N–H and O–H groups in total. The lowest BCUT2D eigenvalue weighted by atomic mass is 10.0. The molecule has 3 rings (SSSR count). The molecule has 1 aromatic heterocycles. The van der Waals surface area contributed by atoms with E-state index in [0.717, 1.165) is 28.6 Å². The third-order valence-corrected chi connectivity index (χ3v) is 4.13. The van der Waals surface area contributed by atoms with Crippen molar-refractivity contribution < 1.29 is 9.53 Å². The average Bonchev–Trinajstić information content (AvgIpc) is 2.83. The van der Waals surface area contributed by atoms with E-state index in [1.807, 2.05) is 38.2 Å². The van der Waals surface area contributed by atoms with E-state index >= 15 is 0 Å². The molecule has 0 spiro atoms. The number of hydrogen-bond donors (Lipinski definition) is 1. The highest BCUT2D eigenvalue weighted by molar-refractivity contribution is 6.12. The van der Waals surface area contributed by atoms with E-state index in [9.17, 15) is 4.79 Å². The van der Waals surface area contributed by atoms with Crippen LogP contribution in [0.5, 0.6) is 5.75 Å². The fraction of sp³-hybridized carbons (Fsp3) is 0.471. The van der Waals surface area contributed by atoms with Crippen molar-refractivity contribution >= 4 is 16.7 Å². The zero-order chi connectivity index (χ0) is 14.5. The fourth-order valence-corrected chi connectivity index (χ4v) is 2.80. The molecule has 20 heavy (non-hydrogen) atoms. The number of carbonyl (C=O) groups excluding carboxylic acids is 1. The molecule has 2 aromatic rings. The van der Waals surface area contributed by atoms with Crippen LogP contribution in [0.2, 0.25) is 0 Å². The summed E-state index contributed by atoms with van der Waals surface area (Å²) in [6, 6.07) is 5.87. The minimum absolute atomic E-state index is 0.0934. The van der Waals surface area contributed by atoms with E-state index in [4.69, 9.17) is 4.74 Å². The molecule has 0 amide bonds. The number of H-pyrrole nitrogens is 1. The Morgan fingerprint density at radius 3 is 2.70 bits per heavy atom. The van der Waals surface area contributed by atoms with Crippen molar-refractivity contribution in [1.29, 1.82) is 0 Å². The Kier molecular flexibility index (Phi) is 2.89. The number of benzene rings is 1. The van der Waals surface area contributed by atoms with Gasteiger partial charge < -0.3 is 9.72 Å². The summed E-state index contributed by atoms with van der Waals surface area (Å²) in [6.07, 6.45) is 2.90. The summed E-state index contributed by atoms with van der Waals surface area (Å²) in [5, 5.41) is 0.925. The number of ether oxygens (including phenoxy) is 1. The Labute approximate surface area is 119 Å². The van der Waals surface area contributed by atoms with Gasteiger partial charge in [-0.1, -0.05) is 19.9 Å². The van der Waals surface area contributed by atoms with Gasteiger partial charge in [-0.05, 0) is 37.8 Å². The second-order valence-electron chi connectivity index (χ2n) is 6.66. The quantitative estimate of drug-likeness (QED) is 0.847. The molecule has 0 bridgehead atoms. The second kappa shape index (κ2) is 4.37. The summed E-state index contributed by atoms with van der Waals surface area (Å²) in [5.41, 5.74) is 1.88. The van der Waals surface area contributed by atoms with Crippen LogP contribution in [-0.4, -0.2) is 16.9 Å². The predicted octanol–water partition coefficient (Wildman–Crippen LogP) is 4.18. The monoisotopic (exact) mass is 271 g/mol. The molecule has 1 saturated carbocycles. The Balaban J connectivity index is 2.05. The van der Waals surface area contributed by atoms with Crippen LogP contribution >= 0.6 is 0 Å². The van der Waals surface area contributed by atoms with Gasteiger partial charge in [0.15, 0.2) is 5.78 Å². The standard InChI is InChI=1S/C17H21NO2/c1-10(2)20-14-7-5-6-13-15(14)11(9-18-13)16(19)12-8-17(12,3)4/h5-7,9-10,12,18H,8H2,1-4H3. The number of aromatic nitrogens is 1. The number of rotatable bonds is 4. The Morgan fingerprint density at radius 2 is 2.10 bits per heavy atom. The summed E-state index contributed by atoms with van der Waals surface area (Å²) in [7, 11) is 0. The third kappa shape index (κ3) is 2.11. The zero-order valence-corrected chi connectivity index (χ0v) is 12.5. The van der Waals surface area contributed by atoms with Gasteiger partial charge in [-0.25, -0.2) is 0 Å². The molecule has 1 aliphatic rings. The van der Waals surface area contributed by atoms with Crippen LogP contribution in [0.4, 0.5) is 0 Å². The van der Waals surface area contributed by atoms with Crippen molar-refractivity contribution in [1.82, 2.24) is 4.98 Å². The smallest absolute Gasteiger partial charge is 0.168 e. The fourth-order valence-electron chi connectivity index (χ4n) is 2.80. The third-order valence-electron chi connectivity index (χ3n) is 4.13. The highest BCUT2D eigenvalue weighted by atomic mass is 16.5. The van der Waals surface area contributed by atoms with Crippen molar-refractivity contribution in [3.05, 3.63) is 30.0 Å². The van der Waals surface area contributed by atoms with Gasteiger partial charge in [0.05, 0.1) is 11.5 Å². The number of hydrogen-bond acceptors (Lipinski definition) is 2. The van der Waals surface area contributed by atoms with Crippen molar-refractivity contribution in [3.63, 3.8) is 0 Å². The second-order valence-corrected chi connectivity index (χ2v) is 6.66. The predicted molar refractivity (Wildman–Crippen MR) is 80.3 cm³/mol.